The Balaban J connectivity index is 0.991. The lowest BCUT2D eigenvalue weighted by molar-refractivity contribution is -0.362. The number of hydrogen-bond donors (Lipinski definition) is 3. The van der Waals surface area contributed by atoms with Gasteiger partial charge in [0.1, 0.15) is 28.9 Å². The van der Waals surface area contributed by atoms with Crippen LogP contribution in [0.25, 0.3) is 6.08 Å². The van der Waals surface area contributed by atoms with Crippen LogP contribution in [0.2, 0.25) is 0 Å². The molecule has 1 aromatic carbocycles. The summed E-state index contributed by atoms with van der Waals surface area (Å²) in [4.78, 5) is 50.7. The van der Waals surface area contributed by atoms with Crippen molar-refractivity contribution >= 4 is 59.9 Å². The van der Waals surface area contributed by atoms with Gasteiger partial charge in [0.05, 0.1) is 0 Å². The summed E-state index contributed by atoms with van der Waals surface area (Å²) < 4.78 is 38.1. The zero-order valence-electron chi connectivity index (χ0n) is 25.0. The second-order valence-corrected chi connectivity index (χ2v) is 13.9. The van der Waals surface area contributed by atoms with Gasteiger partial charge < -0.3 is 43.0 Å². The number of hydrogen-bond acceptors (Lipinski definition) is 6. The molecule has 0 bridgehead atoms. The average Bonchev–Trinajstić information content (AvgIpc) is 3.60. The van der Waals surface area contributed by atoms with E-state index in [9.17, 15) is 24.3 Å². The van der Waals surface area contributed by atoms with E-state index in [0.717, 1.165) is 14.5 Å². The number of anilines is 1. The normalized spacial score (nSPS) is 23.5. The van der Waals surface area contributed by atoms with Crippen LogP contribution < -0.4 is 15.4 Å². The second kappa shape index (κ2) is 10.9. The summed E-state index contributed by atoms with van der Waals surface area (Å²) >= 11 is 1.33. The lowest BCUT2D eigenvalue weighted by Gasteiger charge is -2.43. The van der Waals surface area contributed by atoms with Crippen molar-refractivity contribution in [3.05, 3.63) is 65.1 Å². The molecule has 45 heavy (non-hydrogen) atoms. The standard InChI is InChI=1S/C30H32BF2N5O6S/c1-16-13-17(2)37-22(16)14-20-8-7-19(38(20)31(37,32)33)9-12-23(39)34-18-5-10-21(11-6-18)44-15-24(40)35-25-27(41)36-26(29(42)43)30(3,4)45-28(25)36/h5-8,10-11,13-14,25-26,28H,9,12,15H2,1-4H3,(H,34,39)(H,35,40)(H,42,43)/t25-,26+,28-/m1/s1. The van der Waals surface area contributed by atoms with Crippen LogP contribution in [0.3, 0.4) is 0 Å². The van der Waals surface area contributed by atoms with E-state index in [1.807, 2.05) is 6.92 Å². The Morgan fingerprint density at radius 3 is 2.53 bits per heavy atom. The van der Waals surface area contributed by atoms with Crippen molar-refractivity contribution in [1.29, 1.82) is 0 Å². The van der Waals surface area contributed by atoms with Crippen molar-refractivity contribution in [2.24, 2.45) is 0 Å². The summed E-state index contributed by atoms with van der Waals surface area (Å²) in [5.74, 6) is -2.05. The van der Waals surface area contributed by atoms with Gasteiger partial charge in [-0.05, 0) is 69.3 Å². The van der Waals surface area contributed by atoms with Gasteiger partial charge in [-0.3, -0.25) is 14.4 Å². The smallest absolute Gasteiger partial charge is 0.484 e. The van der Waals surface area contributed by atoms with E-state index in [1.54, 1.807) is 69.3 Å². The summed E-state index contributed by atoms with van der Waals surface area (Å²) in [7, 11) is 0. The van der Waals surface area contributed by atoms with Crippen molar-refractivity contribution in [3.8, 4) is 5.75 Å². The van der Waals surface area contributed by atoms with Crippen LogP contribution in [0.5, 0.6) is 5.75 Å². The third kappa shape index (κ3) is 5.22. The predicted octanol–water partition coefficient (Wildman–Crippen LogP) is 3.13. The van der Waals surface area contributed by atoms with Gasteiger partial charge in [0.25, 0.3) is 5.91 Å². The van der Waals surface area contributed by atoms with E-state index < -0.39 is 47.0 Å². The number of β-lactam (4-membered cyclic amide) rings is 1. The number of halogens is 2. The molecule has 0 unspecified atom stereocenters. The van der Waals surface area contributed by atoms with Gasteiger partial charge >= 0.3 is 12.9 Å². The Labute approximate surface area is 262 Å². The highest BCUT2D eigenvalue weighted by molar-refractivity contribution is 8.01. The number of carboxylic acid groups (broad SMARTS) is 1. The summed E-state index contributed by atoms with van der Waals surface area (Å²) in [6, 6.07) is 6.26. The molecule has 0 spiro atoms. The zero-order valence-corrected chi connectivity index (χ0v) is 25.9. The van der Waals surface area contributed by atoms with Crippen molar-refractivity contribution in [1.82, 2.24) is 14.7 Å². The van der Waals surface area contributed by atoms with Crippen LogP contribution in [-0.2, 0) is 19.2 Å². The number of carbonyl (C=O) groups is 4. The summed E-state index contributed by atoms with van der Waals surface area (Å²) in [5.41, 5.74) is 3.00. The van der Waals surface area contributed by atoms with Gasteiger partial charge in [-0.25, -0.2) is 4.79 Å². The third-order valence-electron chi connectivity index (χ3n) is 8.52. The van der Waals surface area contributed by atoms with Crippen molar-refractivity contribution < 1.29 is 42.1 Å². The summed E-state index contributed by atoms with van der Waals surface area (Å²) in [5, 5.41) is 14.4. The topological polar surface area (TPSA) is 133 Å². The molecule has 3 amide bonds. The highest BCUT2D eigenvalue weighted by Gasteiger charge is 2.64. The molecule has 236 valence electrons. The van der Waals surface area contributed by atoms with E-state index in [1.165, 1.54) is 16.7 Å². The van der Waals surface area contributed by atoms with Gasteiger partial charge in [0.15, 0.2) is 12.3 Å². The monoisotopic (exact) mass is 639 g/mol. The molecular formula is C30H32BF2N5O6S. The molecule has 4 aliphatic heterocycles. The molecule has 3 atom stereocenters. The van der Waals surface area contributed by atoms with Crippen LogP contribution >= 0.6 is 11.8 Å². The molecule has 15 heteroatoms. The first-order valence-corrected chi connectivity index (χ1v) is 15.4. The van der Waals surface area contributed by atoms with Crippen molar-refractivity contribution in [2.75, 3.05) is 11.9 Å². The molecule has 1 aromatic heterocycles. The first kappa shape index (κ1) is 30.6. The maximum Gasteiger partial charge on any atom is 0.737 e. The number of aryl methyl sites for hydroxylation is 2. The fourth-order valence-electron chi connectivity index (χ4n) is 6.51. The fourth-order valence-corrected chi connectivity index (χ4v) is 8.13. The highest BCUT2D eigenvalue weighted by Crippen LogP contribution is 2.50. The number of carbonyl (C=O) groups excluding carboxylic acids is 3. The molecule has 0 radical (unpaired) electrons. The summed E-state index contributed by atoms with van der Waals surface area (Å²) in [6.45, 7) is 2.52. The van der Waals surface area contributed by atoms with Gasteiger partial charge in [-0.2, -0.15) is 0 Å². The number of carboxylic acids is 1. The minimum atomic E-state index is -4.09. The predicted molar refractivity (Wildman–Crippen MR) is 165 cm³/mol. The number of amides is 3. The maximum absolute atomic E-state index is 15.6. The SMILES string of the molecule is Cc1cc(C)n2c1C=C1C=CC(CCC(=O)Nc3ccc(OCC(=O)N[C@@H]4C(=O)N5[C@@H]4SC(C)(C)[C@@H]5C(=O)O)cc3)=[N+]1[B-]2(F)F. The number of aromatic nitrogens is 1. The van der Waals surface area contributed by atoms with Crippen LogP contribution in [0.4, 0.5) is 14.3 Å². The number of nitrogens with zero attached hydrogens (tertiary/aromatic N) is 3. The molecular weight excluding hydrogens is 607 g/mol. The minimum absolute atomic E-state index is 0.00836. The van der Waals surface area contributed by atoms with E-state index in [2.05, 4.69) is 10.6 Å². The molecule has 2 saturated heterocycles. The van der Waals surface area contributed by atoms with E-state index in [4.69, 9.17) is 4.74 Å². The number of fused-ring (bicyclic) bond motifs is 3. The lowest BCUT2D eigenvalue weighted by Crippen LogP contribution is -2.70. The lowest BCUT2D eigenvalue weighted by atomic mass is 9.90. The number of benzene rings is 1. The average molecular weight is 639 g/mol. The van der Waals surface area contributed by atoms with Crippen LogP contribution in [0.1, 0.15) is 43.6 Å². The van der Waals surface area contributed by atoms with E-state index >= 15 is 8.63 Å². The van der Waals surface area contributed by atoms with Gasteiger partial charge in [0, 0.05) is 47.2 Å². The Hall–Kier alpha value is -4.40. The van der Waals surface area contributed by atoms with Gasteiger partial charge in [-0.1, -0.05) is 0 Å². The largest absolute Gasteiger partial charge is 0.737 e. The van der Waals surface area contributed by atoms with Crippen LogP contribution in [0.15, 0.2) is 48.2 Å². The number of nitrogens with one attached hydrogen (secondary N) is 2. The van der Waals surface area contributed by atoms with E-state index in [-0.39, 0.29) is 25.4 Å². The molecule has 3 N–H and O–H groups in total. The van der Waals surface area contributed by atoms with Crippen LogP contribution in [0, 0.1) is 13.8 Å². The summed E-state index contributed by atoms with van der Waals surface area (Å²) in [6.07, 6.45) is 5.13. The quantitative estimate of drug-likeness (QED) is 0.284. The molecule has 6 rings (SSSR count). The number of allylic oxidation sites excluding steroid dienone is 2. The first-order valence-electron chi connectivity index (χ1n) is 14.5. The Kier molecular flexibility index (Phi) is 7.41. The van der Waals surface area contributed by atoms with Gasteiger partial charge in [-0.15, -0.1) is 11.8 Å². The third-order valence-corrected chi connectivity index (χ3v) is 10.1. The molecule has 0 aliphatic carbocycles. The van der Waals surface area contributed by atoms with E-state index in [0.29, 0.717) is 34.2 Å². The Bertz CT molecular complexity index is 1730. The molecule has 2 fully saturated rings. The fraction of sp³-hybridized carbons (Fsp3) is 0.367. The Morgan fingerprint density at radius 1 is 1.13 bits per heavy atom. The number of rotatable bonds is 9. The Morgan fingerprint density at radius 2 is 1.84 bits per heavy atom. The molecule has 11 nitrogen and oxygen atoms in total. The highest BCUT2D eigenvalue weighted by atomic mass is 32.2. The second-order valence-electron chi connectivity index (χ2n) is 12.1. The van der Waals surface area contributed by atoms with Crippen molar-refractivity contribution in [3.63, 3.8) is 0 Å². The zero-order chi connectivity index (χ0) is 32.4. The molecule has 0 saturated carbocycles. The maximum atomic E-state index is 15.6. The molecule has 4 aliphatic rings. The van der Waals surface area contributed by atoms with Crippen molar-refractivity contribution in [2.45, 2.75) is 62.7 Å². The minimum Gasteiger partial charge on any atom is -0.484 e. The number of aliphatic carboxylic acids is 1. The van der Waals surface area contributed by atoms with Gasteiger partial charge in [0.2, 0.25) is 11.8 Å². The number of thioether (sulfide) groups is 1. The molecule has 5 heterocycles. The molecule has 2 aromatic rings. The van der Waals surface area contributed by atoms with Crippen LogP contribution in [-0.4, -0.2) is 84.2 Å². The first-order chi connectivity index (χ1) is 21.2. The number of ether oxygens (including phenoxy) is 1.